The zero-order valence-electron chi connectivity index (χ0n) is 12.9. The molecule has 5 nitrogen and oxygen atoms in total. The number of likely N-dealkylation sites (tertiary alicyclic amines) is 1. The average molecular weight is 351 g/mol. The molecule has 124 valence electrons. The molecule has 7 heteroatoms. The van der Waals surface area contributed by atoms with Gasteiger partial charge in [-0.15, -0.1) is 11.3 Å². The molecule has 0 aliphatic carbocycles. The highest BCUT2D eigenvalue weighted by molar-refractivity contribution is 7.91. The minimum atomic E-state index is -3.33. The molecule has 0 radical (unpaired) electrons. The fourth-order valence-electron chi connectivity index (χ4n) is 2.78. The summed E-state index contributed by atoms with van der Waals surface area (Å²) in [5.41, 5.74) is 1.09. The Hall–Kier alpha value is -1.28. The van der Waals surface area contributed by atoms with E-state index in [0.29, 0.717) is 16.7 Å². The normalized spacial score (nSPS) is 17.4. The molecule has 2 aromatic rings. The zero-order valence-corrected chi connectivity index (χ0v) is 14.5. The third-order valence-electron chi connectivity index (χ3n) is 4.14. The van der Waals surface area contributed by atoms with E-state index in [0.717, 1.165) is 38.2 Å². The van der Waals surface area contributed by atoms with Gasteiger partial charge in [0, 0.05) is 19.3 Å². The summed E-state index contributed by atoms with van der Waals surface area (Å²) in [6, 6.07) is 9.38. The Labute approximate surface area is 141 Å². The van der Waals surface area contributed by atoms with E-state index in [4.69, 9.17) is 0 Å². The zero-order chi connectivity index (χ0) is 16.1. The van der Waals surface area contributed by atoms with Gasteiger partial charge in [0.25, 0.3) is 0 Å². The highest BCUT2D eigenvalue weighted by Crippen LogP contribution is 2.20. The molecule has 3 rings (SSSR count). The van der Waals surface area contributed by atoms with Crippen LogP contribution in [0.3, 0.4) is 0 Å². The van der Waals surface area contributed by atoms with Crippen molar-refractivity contribution < 1.29 is 8.42 Å². The Morgan fingerprint density at radius 3 is 2.70 bits per heavy atom. The Morgan fingerprint density at radius 2 is 2.04 bits per heavy atom. The lowest BCUT2D eigenvalue weighted by atomic mass is 9.97. The first kappa shape index (κ1) is 16.6. The van der Waals surface area contributed by atoms with Crippen LogP contribution in [0.25, 0.3) is 0 Å². The van der Waals surface area contributed by atoms with Crippen LogP contribution in [0, 0.1) is 5.92 Å². The van der Waals surface area contributed by atoms with E-state index in [1.165, 1.54) is 11.3 Å². The van der Waals surface area contributed by atoms with Crippen LogP contribution < -0.4 is 4.72 Å². The number of hydrogen-bond acceptors (Lipinski definition) is 5. The van der Waals surface area contributed by atoms with Crippen molar-refractivity contribution in [2.45, 2.75) is 23.6 Å². The van der Waals surface area contributed by atoms with Gasteiger partial charge < -0.3 is 0 Å². The second-order valence-corrected chi connectivity index (χ2v) is 8.77. The van der Waals surface area contributed by atoms with Gasteiger partial charge in [0.05, 0.1) is 5.69 Å². The molecule has 2 aromatic heterocycles. The topological polar surface area (TPSA) is 62.3 Å². The molecule has 1 saturated heterocycles. The summed E-state index contributed by atoms with van der Waals surface area (Å²) in [6.45, 7) is 3.37. The number of pyridine rings is 1. The molecule has 0 bridgehead atoms. The van der Waals surface area contributed by atoms with E-state index in [-0.39, 0.29) is 0 Å². The summed E-state index contributed by atoms with van der Waals surface area (Å²) in [5.74, 6) is 0.407. The van der Waals surface area contributed by atoms with Crippen molar-refractivity contribution >= 4 is 21.4 Å². The fourth-order valence-corrected chi connectivity index (χ4v) is 4.94. The van der Waals surface area contributed by atoms with E-state index < -0.39 is 10.0 Å². The summed E-state index contributed by atoms with van der Waals surface area (Å²) in [4.78, 5) is 6.74. The second kappa shape index (κ2) is 7.53. The van der Waals surface area contributed by atoms with E-state index in [1.807, 2.05) is 24.4 Å². The monoisotopic (exact) mass is 351 g/mol. The van der Waals surface area contributed by atoms with Gasteiger partial charge in [-0.25, -0.2) is 13.1 Å². The van der Waals surface area contributed by atoms with Crippen LogP contribution in [0.4, 0.5) is 0 Å². The summed E-state index contributed by atoms with van der Waals surface area (Å²) in [7, 11) is -3.33. The van der Waals surface area contributed by atoms with Crippen LogP contribution >= 0.6 is 11.3 Å². The first-order valence-electron chi connectivity index (χ1n) is 7.79. The largest absolute Gasteiger partial charge is 0.297 e. The number of hydrogen-bond donors (Lipinski definition) is 1. The molecular weight excluding hydrogens is 330 g/mol. The van der Waals surface area contributed by atoms with Crippen molar-refractivity contribution in [2.24, 2.45) is 5.92 Å². The molecule has 1 fully saturated rings. The average Bonchev–Trinajstić information content (AvgIpc) is 3.11. The van der Waals surface area contributed by atoms with Crippen LogP contribution in [0.5, 0.6) is 0 Å². The molecule has 0 atom stereocenters. The summed E-state index contributed by atoms with van der Waals surface area (Å²) >= 11 is 1.25. The van der Waals surface area contributed by atoms with Gasteiger partial charge in [-0.3, -0.25) is 9.88 Å². The van der Waals surface area contributed by atoms with Crippen molar-refractivity contribution in [1.82, 2.24) is 14.6 Å². The number of thiophene rings is 1. The lowest BCUT2D eigenvalue weighted by Crippen LogP contribution is -2.38. The SMILES string of the molecule is O=S(=O)(NCC1CCN(Cc2ccccn2)CC1)c1cccs1. The van der Waals surface area contributed by atoms with Gasteiger partial charge in [0.2, 0.25) is 10.0 Å². The maximum Gasteiger partial charge on any atom is 0.250 e. The van der Waals surface area contributed by atoms with Gasteiger partial charge in [-0.05, 0) is 55.4 Å². The third-order valence-corrected chi connectivity index (χ3v) is 6.96. The quantitative estimate of drug-likeness (QED) is 0.868. The molecule has 0 saturated carbocycles. The summed E-state index contributed by atoms with van der Waals surface area (Å²) in [5, 5.41) is 1.78. The van der Waals surface area contributed by atoms with E-state index in [1.54, 1.807) is 17.5 Å². The highest BCUT2D eigenvalue weighted by Gasteiger charge is 2.22. The smallest absolute Gasteiger partial charge is 0.250 e. The van der Waals surface area contributed by atoms with Gasteiger partial charge in [-0.2, -0.15) is 0 Å². The van der Waals surface area contributed by atoms with Crippen molar-refractivity contribution in [3.8, 4) is 0 Å². The number of sulfonamides is 1. The first-order valence-corrected chi connectivity index (χ1v) is 10.2. The predicted molar refractivity (Wildman–Crippen MR) is 91.7 cm³/mol. The van der Waals surface area contributed by atoms with Crippen molar-refractivity contribution in [1.29, 1.82) is 0 Å². The Balaban J connectivity index is 1.44. The number of aromatic nitrogens is 1. The predicted octanol–water partition coefficient (Wildman–Crippen LogP) is 2.33. The van der Waals surface area contributed by atoms with Crippen molar-refractivity contribution in [2.75, 3.05) is 19.6 Å². The molecule has 1 aliphatic heterocycles. The fraction of sp³-hybridized carbons (Fsp3) is 0.438. The lowest BCUT2D eigenvalue weighted by molar-refractivity contribution is 0.177. The molecular formula is C16H21N3O2S2. The highest BCUT2D eigenvalue weighted by atomic mass is 32.2. The summed E-state index contributed by atoms with van der Waals surface area (Å²) < 4.78 is 27.4. The summed E-state index contributed by atoms with van der Waals surface area (Å²) in [6.07, 6.45) is 3.85. The van der Waals surface area contributed by atoms with Crippen molar-refractivity contribution in [3.05, 3.63) is 47.6 Å². The van der Waals surface area contributed by atoms with E-state index >= 15 is 0 Å². The molecule has 0 spiro atoms. The maximum atomic E-state index is 12.1. The van der Waals surface area contributed by atoms with Crippen LogP contribution in [0.15, 0.2) is 46.1 Å². The van der Waals surface area contributed by atoms with Crippen LogP contribution in [-0.2, 0) is 16.6 Å². The number of nitrogens with one attached hydrogen (secondary N) is 1. The maximum absolute atomic E-state index is 12.1. The molecule has 0 unspecified atom stereocenters. The minimum absolute atomic E-state index is 0.394. The third kappa shape index (κ3) is 4.60. The van der Waals surface area contributed by atoms with Gasteiger partial charge in [-0.1, -0.05) is 12.1 Å². The minimum Gasteiger partial charge on any atom is -0.297 e. The molecule has 1 N–H and O–H groups in total. The molecule has 0 amide bonds. The Bertz CT molecular complexity index is 694. The first-order chi connectivity index (χ1) is 11.1. The van der Waals surface area contributed by atoms with Crippen LogP contribution in [-0.4, -0.2) is 37.9 Å². The standard InChI is InChI=1S/C16H21N3O2S2/c20-23(21,16-5-3-11-22-16)18-12-14-6-9-19(10-7-14)13-15-4-1-2-8-17-15/h1-5,8,11,14,18H,6-7,9-10,12-13H2. The van der Waals surface area contributed by atoms with Gasteiger partial charge in [0.1, 0.15) is 4.21 Å². The lowest BCUT2D eigenvalue weighted by Gasteiger charge is -2.31. The van der Waals surface area contributed by atoms with E-state index in [2.05, 4.69) is 14.6 Å². The number of rotatable bonds is 6. The number of piperidine rings is 1. The second-order valence-electron chi connectivity index (χ2n) is 5.82. The Kier molecular flexibility index (Phi) is 5.42. The molecule has 23 heavy (non-hydrogen) atoms. The molecule has 0 aromatic carbocycles. The molecule has 3 heterocycles. The van der Waals surface area contributed by atoms with Crippen molar-refractivity contribution in [3.63, 3.8) is 0 Å². The van der Waals surface area contributed by atoms with E-state index in [9.17, 15) is 8.42 Å². The van der Waals surface area contributed by atoms with Gasteiger partial charge in [0.15, 0.2) is 0 Å². The van der Waals surface area contributed by atoms with Crippen LogP contribution in [0.2, 0.25) is 0 Å². The molecule has 1 aliphatic rings. The Morgan fingerprint density at radius 1 is 1.22 bits per heavy atom. The number of nitrogens with zero attached hydrogens (tertiary/aromatic N) is 2. The van der Waals surface area contributed by atoms with Crippen LogP contribution in [0.1, 0.15) is 18.5 Å². The van der Waals surface area contributed by atoms with Gasteiger partial charge >= 0.3 is 0 Å².